The van der Waals surface area contributed by atoms with Gasteiger partial charge in [-0.25, -0.2) is 8.42 Å². The molecule has 0 saturated carbocycles. The molecule has 0 bridgehead atoms. The molecule has 1 aromatic rings. The minimum Gasteiger partial charge on any atom is -0.306 e. The van der Waals surface area contributed by atoms with E-state index in [1.165, 1.54) is 6.20 Å². The summed E-state index contributed by atoms with van der Waals surface area (Å²) in [6, 6.07) is 3.26. The van der Waals surface area contributed by atoms with E-state index in [1.807, 2.05) is 0 Å². The summed E-state index contributed by atoms with van der Waals surface area (Å²) < 4.78 is 26.4. The van der Waals surface area contributed by atoms with Gasteiger partial charge in [0.2, 0.25) is 10.0 Å². The molecule has 0 aromatic carbocycles. The van der Waals surface area contributed by atoms with Crippen molar-refractivity contribution in [2.24, 2.45) is 5.92 Å². The molecule has 1 aromatic heterocycles. The second kappa shape index (κ2) is 5.98. The quantitative estimate of drug-likeness (QED) is 0.810. The predicted octanol–water partition coefficient (Wildman–Crippen LogP) is 1.04. The number of pyridine rings is 1. The maximum atomic E-state index is 12.4. The molecular formula is C13H21N3O2S. The first-order chi connectivity index (χ1) is 9.04. The first-order valence-electron chi connectivity index (χ1n) is 6.62. The second-order valence-electron chi connectivity index (χ2n) is 5.06. The van der Waals surface area contributed by atoms with Crippen molar-refractivity contribution in [1.82, 2.24) is 14.2 Å². The minimum absolute atomic E-state index is 0.291. The molecule has 1 atom stereocenters. The molecule has 106 valence electrons. The molecule has 2 rings (SSSR count). The van der Waals surface area contributed by atoms with Gasteiger partial charge in [-0.05, 0) is 38.1 Å². The van der Waals surface area contributed by atoms with E-state index in [2.05, 4.69) is 23.9 Å². The van der Waals surface area contributed by atoms with Crippen LogP contribution in [0.4, 0.5) is 0 Å². The van der Waals surface area contributed by atoms with Gasteiger partial charge in [-0.3, -0.25) is 4.98 Å². The Morgan fingerprint density at radius 3 is 2.95 bits per heavy atom. The van der Waals surface area contributed by atoms with E-state index in [4.69, 9.17) is 0 Å². The van der Waals surface area contributed by atoms with Crippen LogP contribution in [0, 0.1) is 5.92 Å². The largest absolute Gasteiger partial charge is 0.306 e. The van der Waals surface area contributed by atoms with E-state index < -0.39 is 10.0 Å². The van der Waals surface area contributed by atoms with Gasteiger partial charge in [0, 0.05) is 32.0 Å². The fourth-order valence-corrected chi connectivity index (χ4v) is 3.88. The number of nitrogens with zero attached hydrogens (tertiary/aromatic N) is 3. The molecule has 0 radical (unpaired) electrons. The van der Waals surface area contributed by atoms with Crippen LogP contribution in [0.2, 0.25) is 0 Å². The third-order valence-electron chi connectivity index (χ3n) is 3.63. The van der Waals surface area contributed by atoms with E-state index in [9.17, 15) is 8.42 Å². The molecule has 1 aliphatic rings. The smallest absolute Gasteiger partial charge is 0.244 e. The number of aromatic nitrogens is 1. The van der Waals surface area contributed by atoms with Crippen molar-refractivity contribution in [3.05, 3.63) is 24.5 Å². The maximum Gasteiger partial charge on any atom is 0.244 e. The van der Waals surface area contributed by atoms with Crippen LogP contribution in [0.3, 0.4) is 0 Å². The highest BCUT2D eigenvalue weighted by Gasteiger charge is 2.32. The van der Waals surface area contributed by atoms with Gasteiger partial charge in [0.15, 0.2) is 0 Å². The maximum absolute atomic E-state index is 12.4. The minimum atomic E-state index is -3.36. The van der Waals surface area contributed by atoms with E-state index in [0.717, 1.165) is 19.5 Å². The van der Waals surface area contributed by atoms with Gasteiger partial charge in [0.25, 0.3) is 0 Å². The van der Waals surface area contributed by atoms with Gasteiger partial charge in [-0.1, -0.05) is 6.92 Å². The highest BCUT2D eigenvalue weighted by atomic mass is 32.2. The van der Waals surface area contributed by atoms with Crippen molar-refractivity contribution in [2.45, 2.75) is 18.2 Å². The summed E-state index contributed by atoms with van der Waals surface area (Å²) >= 11 is 0. The van der Waals surface area contributed by atoms with E-state index in [1.54, 1.807) is 22.6 Å². The summed E-state index contributed by atoms with van der Waals surface area (Å²) in [4.78, 5) is 6.41. The SMILES string of the molecule is CCN(C)C[C@@H]1CCN(S(=O)(=O)c2cccnc2)C1. The first kappa shape index (κ1) is 14.4. The lowest BCUT2D eigenvalue weighted by molar-refractivity contribution is 0.293. The molecule has 19 heavy (non-hydrogen) atoms. The molecule has 0 spiro atoms. The van der Waals surface area contributed by atoms with Crippen molar-refractivity contribution in [2.75, 3.05) is 33.2 Å². The Bertz CT molecular complexity index is 504. The van der Waals surface area contributed by atoms with Crippen molar-refractivity contribution >= 4 is 10.0 Å². The third kappa shape index (κ3) is 3.32. The summed E-state index contributed by atoms with van der Waals surface area (Å²) in [6.07, 6.45) is 3.94. The second-order valence-corrected chi connectivity index (χ2v) is 7.00. The van der Waals surface area contributed by atoms with Crippen molar-refractivity contribution < 1.29 is 8.42 Å². The molecule has 2 heterocycles. The van der Waals surface area contributed by atoms with Gasteiger partial charge < -0.3 is 4.90 Å². The molecule has 0 amide bonds. The Morgan fingerprint density at radius 2 is 2.32 bits per heavy atom. The molecule has 0 aliphatic carbocycles. The summed E-state index contributed by atoms with van der Waals surface area (Å²) in [5, 5.41) is 0. The van der Waals surface area contributed by atoms with Gasteiger partial charge >= 0.3 is 0 Å². The number of hydrogen-bond donors (Lipinski definition) is 0. The van der Waals surface area contributed by atoms with Gasteiger partial charge in [0.1, 0.15) is 4.90 Å². The van der Waals surface area contributed by atoms with Crippen LogP contribution >= 0.6 is 0 Å². The Labute approximate surface area is 115 Å². The average Bonchev–Trinajstić information content (AvgIpc) is 2.89. The zero-order chi connectivity index (χ0) is 13.9. The highest BCUT2D eigenvalue weighted by Crippen LogP contribution is 2.24. The standard InChI is InChI=1S/C13H21N3O2S/c1-3-15(2)10-12-6-8-16(11-12)19(17,18)13-5-4-7-14-9-13/h4-5,7,9,12H,3,6,8,10-11H2,1-2H3/t12-/m0/s1. The third-order valence-corrected chi connectivity index (χ3v) is 5.48. The fraction of sp³-hybridized carbons (Fsp3) is 0.615. The number of hydrogen-bond acceptors (Lipinski definition) is 4. The number of sulfonamides is 1. The predicted molar refractivity (Wildman–Crippen MR) is 74.3 cm³/mol. The van der Waals surface area contributed by atoms with E-state index >= 15 is 0 Å². The van der Waals surface area contributed by atoms with Crippen LogP contribution in [0.15, 0.2) is 29.4 Å². The summed E-state index contributed by atoms with van der Waals surface area (Å²) in [5.41, 5.74) is 0. The van der Waals surface area contributed by atoms with Crippen LogP contribution in [-0.4, -0.2) is 55.8 Å². The van der Waals surface area contributed by atoms with Crippen LogP contribution in [0.5, 0.6) is 0 Å². The molecule has 1 fully saturated rings. The lowest BCUT2D eigenvalue weighted by atomic mass is 10.1. The van der Waals surface area contributed by atoms with Crippen molar-refractivity contribution in [1.29, 1.82) is 0 Å². The Morgan fingerprint density at radius 1 is 1.53 bits per heavy atom. The van der Waals surface area contributed by atoms with Crippen LogP contribution in [0.1, 0.15) is 13.3 Å². The first-order valence-corrected chi connectivity index (χ1v) is 8.06. The zero-order valence-corrected chi connectivity index (χ0v) is 12.3. The topological polar surface area (TPSA) is 53.5 Å². The monoisotopic (exact) mass is 283 g/mol. The molecule has 1 aliphatic heterocycles. The lowest BCUT2D eigenvalue weighted by Gasteiger charge is -2.20. The molecule has 0 unspecified atom stereocenters. The molecular weight excluding hydrogens is 262 g/mol. The van der Waals surface area contributed by atoms with Crippen molar-refractivity contribution in [3.8, 4) is 0 Å². The summed E-state index contributed by atoms with van der Waals surface area (Å²) in [7, 11) is -1.29. The highest BCUT2D eigenvalue weighted by molar-refractivity contribution is 7.89. The van der Waals surface area contributed by atoms with Crippen LogP contribution < -0.4 is 0 Å². The van der Waals surface area contributed by atoms with Gasteiger partial charge in [-0.15, -0.1) is 0 Å². The zero-order valence-electron chi connectivity index (χ0n) is 11.5. The van der Waals surface area contributed by atoms with E-state index in [0.29, 0.717) is 23.9 Å². The fourth-order valence-electron chi connectivity index (χ4n) is 2.38. The Hall–Kier alpha value is -0.980. The van der Waals surface area contributed by atoms with Crippen molar-refractivity contribution in [3.63, 3.8) is 0 Å². The lowest BCUT2D eigenvalue weighted by Crippen LogP contribution is -2.31. The average molecular weight is 283 g/mol. The van der Waals surface area contributed by atoms with Crippen LogP contribution in [-0.2, 0) is 10.0 Å². The summed E-state index contributed by atoms with van der Waals surface area (Å²) in [6.45, 7) is 5.28. The molecule has 5 nitrogen and oxygen atoms in total. The van der Waals surface area contributed by atoms with E-state index in [-0.39, 0.29) is 0 Å². The Balaban J connectivity index is 2.04. The molecule has 6 heteroatoms. The summed E-state index contributed by atoms with van der Waals surface area (Å²) in [5.74, 6) is 0.427. The molecule has 0 N–H and O–H groups in total. The molecule has 1 saturated heterocycles. The Kier molecular flexibility index (Phi) is 4.54. The van der Waals surface area contributed by atoms with Gasteiger partial charge in [0.05, 0.1) is 0 Å². The van der Waals surface area contributed by atoms with Crippen LogP contribution in [0.25, 0.3) is 0 Å². The van der Waals surface area contributed by atoms with Gasteiger partial charge in [-0.2, -0.15) is 4.31 Å². The number of rotatable bonds is 5. The normalized spacial score (nSPS) is 21.1.